The van der Waals surface area contributed by atoms with Crippen molar-refractivity contribution in [3.8, 4) is 17.0 Å². The van der Waals surface area contributed by atoms with Crippen LogP contribution in [0.2, 0.25) is 5.02 Å². The number of hydrogen-bond acceptors (Lipinski definition) is 7. The average molecular weight is 469 g/mol. The number of anilines is 1. The van der Waals surface area contributed by atoms with Crippen LogP contribution in [-0.2, 0) is 4.74 Å². The molecule has 1 fully saturated rings. The SMILES string of the molecule is CCOc1ccc(Cl)cc1-c1nn([C@@H]2COC[C@H]2O)cc1NC(=O)c1cnn2cccnc12. The van der Waals surface area contributed by atoms with Gasteiger partial charge in [0.2, 0.25) is 0 Å². The third-order valence-electron chi connectivity index (χ3n) is 5.36. The first kappa shape index (κ1) is 21.4. The molecule has 0 bridgehead atoms. The minimum atomic E-state index is -0.712. The third kappa shape index (κ3) is 4.04. The number of rotatable bonds is 6. The molecule has 2 N–H and O–H groups in total. The van der Waals surface area contributed by atoms with Gasteiger partial charge in [-0.3, -0.25) is 9.48 Å². The molecule has 1 saturated heterocycles. The van der Waals surface area contributed by atoms with Crippen LogP contribution in [0.15, 0.2) is 49.1 Å². The zero-order valence-electron chi connectivity index (χ0n) is 17.7. The summed E-state index contributed by atoms with van der Waals surface area (Å²) in [4.78, 5) is 17.4. The van der Waals surface area contributed by atoms with Crippen LogP contribution in [0, 0.1) is 0 Å². The van der Waals surface area contributed by atoms with Crippen molar-refractivity contribution in [3.05, 3.63) is 59.6 Å². The molecule has 0 spiro atoms. The van der Waals surface area contributed by atoms with Crippen LogP contribution in [0.3, 0.4) is 0 Å². The van der Waals surface area contributed by atoms with Crippen LogP contribution in [0.4, 0.5) is 5.69 Å². The Kier molecular flexibility index (Phi) is 5.71. The first-order valence-electron chi connectivity index (χ1n) is 10.4. The maximum absolute atomic E-state index is 13.2. The highest BCUT2D eigenvalue weighted by Gasteiger charge is 2.30. The van der Waals surface area contributed by atoms with Crippen LogP contribution in [0.25, 0.3) is 16.9 Å². The lowest BCUT2D eigenvalue weighted by Crippen LogP contribution is -2.22. The van der Waals surface area contributed by atoms with Crippen molar-refractivity contribution in [2.24, 2.45) is 0 Å². The van der Waals surface area contributed by atoms with E-state index in [2.05, 4.69) is 20.5 Å². The molecule has 1 aliphatic heterocycles. The number of amides is 1. The molecule has 0 aliphatic carbocycles. The zero-order valence-corrected chi connectivity index (χ0v) is 18.4. The van der Waals surface area contributed by atoms with Gasteiger partial charge in [0.25, 0.3) is 5.91 Å². The van der Waals surface area contributed by atoms with E-state index >= 15 is 0 Å². The van der Waals surface area contributed by atoms with Gasteiger partial charge < -0.3 is 19.9 Å². The fourth-order valence-electron chi connectivity index (χ4n) is 3.78. The minimum absolute atomic E-state index is 0.219. The number of aliphatic hydroxyl groups is 1. The highest BCUT2D eigenvalue weighted by Crippen LogP contribution is 2.37. The second kappa shape index (κ2) is 8.81. The van der Waals surface area contributed by atoms with Crippen molar-refractivity contribution in [2.45, 2.75) is 19.1 Å². The number of aliphatic hydroxyl groups excluding tert-OH is 1. The summed E-state index contributed by atoms with van der Waals surface area (Å²) in [5, 5.41) is 22.6. The molecular formula is C22H21ClN6O4. The number of carbonyl (C=O) groups excluding carboxylic acids is 1. The molecule has 0 saturated carbocycles. The quantitative estimate of drug-likeness (QED) is 0.447. The van der Waals surface area contributed by atoms with Gasteiger partial charge in [-0.05, 0) is 31.2 Å². The summed E-state index contributed by atoms with van der Waals surface area (Å²) < 4.78 is 14.3. The molecule has 1 amide bonds. The molecule has 33 heavy (non-hydrogen) atoms. The fourth-order valence-corrected chi connectivity index (χ4v) is 3.95. The van der Waals surface area contributed by atoms with Gasteiger partial charge in [-0.2, -0.15) is 10.2 Å². The number of aromatic nitrogens is 5. The molecular weight excluding hydrogens is 448 g/mol. The van der Waals surface area contributed by atoms with Crippen molar-refractivity contribution in [1.82, 2.24) is 24.4 Å². The van der Waals surface area contributed by atoms with Crippen molar-refractivity contribution < 1.29 is 19.4 Å². The normalized spacial score (nSPS) is 18.0. The summed E-state index contributed by atoms with van der Waals surface area (Å²) >= 11 is 6.27. The highest BCUT2D eigenvalue weighted by molar-refractivity contribution is 6.31. The van der Waals surface area contributed by atoms with Gasteiger partial charge in [-0.15, -0.1) is 0 Å². The van der Waals surface area contributed by atoms with E-state index in [-0.39, 0.29) is 12.6 Å². The summed E-state index contributed by atoms with van der Waals surface area (Å²) in [6.07, 6.45) is 5.73. The number of hydrogen-bond donors (Lipinski definition) is 2. The Morgan fingerprint density at radius 1 is 1.39 bits per heavy atom. The van der Waals surface area contributed by atoms with Gasteiger partial charge in [-0.25, -0.2) is 9.50 Å². The number of nitrogens with zero attached hydrogens (tertiary/aromatic N) is 5. The zero-order chi connectivity index (χ0) is 22.9. The Bertz CT molecular complexity index is 1320. The number of fused-ring (bicyclic) bond motifs is 1. The maximum atomic E-state index is 13.2. The van der Waals surface area contributed by atoms with Crippen LogP contribution in [-0.4, -0.2) is 61.3 Å². The predicted octanol–water partition coefficient (Wildman–Crippen LogP) is 2.83. The lowest BCUT2D eigenvalue weighted by atomic mass is 10.1. The molecule has 4 aromatic rings. The topological polar surface area (TPSA) is 116 Å². The van der Waals surface area contributed by atoms with E-state index in [0.717, 1.165) is 0 Å². The Balaban J connectivity index is 1.58. The Labute approximate surface area is 193 Å². The smallest absolute Gasteiger partial charge is 0.261 e. The van der Waals surface area contributed by atoms with Crippen LogP contribution in [0.1, 0.15) is 23.3 Å². The van der Waals surface area contributed by atoms with E-state index < -0.39 is 12.0 Å². The van der Waals surface area contributed by atoms with E-state index in [9.17, 15) is 9.90 Å². The van der Waals surface area contributed by atoms with E-state index in [0.29, 0.717) is 52.1 Å². The van der Waals surface area contributed by atoms with Crippen LogP contribution < -0.4 is 10.1 Å². The number of carbonyl (C=O) groups is 1. The molecule has 1 aromatic carbocycles. The van der Waals surface area contributed by atoms with E-state index in [1.54, 1.807) is 47.5 Å². The maximum Gasteiger partial charge on any atom is 0.261 e. The summed E-state index contributed by atoms with van der Waals surface area (Å²) in [6, 6.07) is 6.56. The second-order valence-electron chi connectivity index (χ2n) is 7.52. The fraction of sp³-hybridized carbons (Fsp3) is 0.273. The molecule has 4 heterocycles. The Hall–Kier alpha value is -3.47. The Morgan fingerprint density at radius 3 is 3.06 bits per heavy atom. The van der Waals surface area contributed by atoms with E-state index in [1.165, 1.54) is 10.7 Å². The number of benzene rings is 1. The molecule has 10 nitrogen and oxygen atoms in total. The lowest BCUT2D eigenvalue weighted by Gasteiger charge is -2.12. The highest BCUT2D eigenvalue weighted by atomic mass is 35.5. The standard InChI is InChI=1S/C22H21ClN6O4/c1-2-33-19-5-4-13(23)8-14(19)20-16(10-29(27-20)17-11-32-12-18(17)30)26-22(31)15-9-25-28-7-3-6-24-21(15)28/h3-10,17-18,30H,2,11-12H2,1H3,(H,26,31)/t17-,18-/m1/s1. The monoisotopic (exact) mass is 468 g/mol. The molecule has 1 aliphatic rings. The van der Waals surface area contributed by atoms with Crippen LogP contribution in [0.5, 0.6) is 5.75 Å². The average Bonchev–Trinajstić information content (AvgIpc) is 3.53. The van der Waals surface area contributed by atoms with E-state index in [4.69, 9.17) is 21.1 Å². The summed E-state index contributed by atoms with van der Waals surface area (Å²) in [7, 11) is 0. The molecule has 0 unspecified atom stereocenters. The molecule has 11 heteroatoms. The van der Waals surface area contributed by atoms with Crippen molar-refractivity contribution in [1.29, 1.82) is 0 Å². The number of halogens is 1. The largest absolute Gasteiger partial charge is 0.493 e. The van der Waals surface area contributed by atoms with Gasteiger partial charge >= 0.3 is 0 Å². The van der Waals surface area contributed by atoms with Gasteiger partial charge in [0, 0.05) is 29.2 Å². The molecule has 0 radical (unpaired) electrons. The minimum Gasteiger partial charge on any atom is -0.493 e. The van der Waals surface area contributed by atoms with Crippen LogP contribution >= 0.6 is 11.6 Å². The second-order valence-corrected chi connectivity index (χ2v) is 7.95. The molecule has 3 aromatic heterocycles. The van der Waals surface area contributed by atoms with Gasteiger partial charge in [-0.1, -0.05) is 11.6 Å². The summed E-state index contributed by atoms with van der Waals surface area (Å²) in [5.41, 5.74) is 2.25. The van der Waals surface area contributed by atoms with Gasteiger partial charge in [0.15, 0.2) is 5.65 Å². The Morgan fingerprint density at radius 2 is 2.27 bits per heavy atom. The molecule has 5 rings (SSSR count). The molecule has 170 valence electrons. The van der Waals surface area contributed by atoms with Crippen molar-refractivity contribution in [3.63, 3.8) is 0 Å². The number of ether oxygens (including phenoxy) is 2. The first-order chi connectivity index (χ1) is 16.0. The third-order valence-corrected chi connectivity index (χ3v) is 5.60. The van der Waals surface area contributed by atoms with Crippen molar-refractivity contribution in [2.75, 3.05) is 25.1 Å². The molecule has 2 atom stereocenters. The van der Waals surface area contributed by atoms with Gasteiger partial charge in [0.05, 0.1) is 31.7 Å². The lowest BCUT2D eigenvalue weighted by molar-refractivity contribution is 0.102. The van der Waals surface area contributed by atoms with Crippen molar-refractivity contribution >= 4 is 28.8 Å². The summed E-state index contributed by atoms with van der Waals surface area (Å²) in [5.74, 6) is 0.177. The number of nitrogens with one attached hydrogen (secondary N) is 1. The van der Waals surface area contributed by atoms with Gasteiger partial charge in [0.1, 0.15) is 29.2 Å². The summed E-state index contributed by atoms with van der Waals surface area (Å²) in [6.45, 7) is 2.85. The first-order valence-corrected chi connectivity index (χ1v) is 10.8. The predicted molar refractivity (Wildman–Crippen MR) is 121 cm³/mol. The van der Waals surface area contributed by atoms with E-state index in [1.807, 2.05) is 6.92 Å².